The highest BCUT2D eigenvalue weighted by Gasteiger charge is 2.16. The van der Waals surface area contributed by atoms with E-state index < -0.39 is 10.0 Å². The minimum Gasteiger partial charge on any atom is -0.352 e. The van der Waals surface area contributed by atoms with Gasteiger partial charge in [0.25, 0.3) is 5.91 Å². The molecule has 3 rings (SSSR count). The fraction of sp³-hybridized carbons (Fsp3) is 0.190. The van der Waals surface area contributed by atoms with Crippen molar-refractivity contribution in [3.8, 4) is 5.69 Å². The summed E-state index contributed by atoms with van der Waals surface area (Å²) in [6.45, 7) is 4.13. The Balaban J connectivity index is 1.67. The smallest absolute Gasteiger partial charge is 0.253 e. The van der Waals surface area contributed by atoms with Crippen LogP contribution in [0, 0.1) is 19.7 Å². The quantitative estimate of drug-likeness (QED) is 0.648. The molecule has 8 heteroatoms. The molecule has 0 spiro atoms. The number of hydrogen-bond acceptors (Lipinski definition) is 3. The molecule has 1 heterocycles. The Morgan fingerprint density at radius 2 is 1.69 bits per heavy atom. The molecule has 3 aromatic rings. The predicted molar refractivity (Wildman–Crippen MR) is 109 cm³/mol. The van der Waals surface area contributed by atoms with Crippen LogP contribution >= 0.6 is 0 Å². The molecule has 0 unspecified atom stereocenters. The molecule has 0 aliphatic rings. The monoisotopic (exact) mass is 415 g/mol. The lowest BCUT2D eigenvalue weighted by Gasteiger charge is -2.10. The van der Waals surface area contributed by atoms with Crippen molar-refractivity contribution in [2.24, 2.45) is 5.14 Å². The van der Waals surface area contributed by atoms with Gasteiger partial charge < -0.3 is 9.88 Å². The number of aryl methyl sites for hydroxylation is 1. The van der Waals surface area contributed by atoms with E-state index in [1.54, 1.807) is 30.3 Å². The van der Waals surface area contributed by atoms with E-state index in [1.807, 2.05) is 18.4 Å². The maximum Gasteiger partial charge on any atom is 0.253 e. The molecule has 0 aliphatic carbocycles. The third-order valence-electron chi connectivity index (χ3n) is 4.71. The molecule has 0 radical (unpaired) electrons. The van der Waals surface area contributed by atoms with Crippen molar-refractivity contribution in [3.05, 3.63) is 82.9 Å². The highest BCUT2D eigenvalue weighted by molar-refractivity contribution is 7.89. The zero-order valence-corrected chi connectivity index (χ0v) is 17.0. The van der Waals surface area contributed by atoms with Crippen LogP contribution < -0.4 is 10.5 Å². The number of nitrogens with zero attached hydrogens (tertiary/aromatic N) is 1. The van der Waals surface area contributed by atoms with Crippen LogP contribution in [0.2, 0.25) is 0 Å². The number of sulfonamides is 1. The summed E-state index contributed by atoms with van der Waals surface area (Å²) in [6.07, 6.45) is 0.549. The lowest BCUT2D eigenvalue weighted by atomic mass is 10.1. The standard InChI is InChI=1S/C21H22FN3O3S/c1-14-13-20(15(2)25(14)18-7-5-17(22)6-8-18)21(26)24-12-11-16-3-9-19(10-4-16)29(23,27)28/h3-10,13H,11-12H2,1-2H3,(H,24,26)(H2,23,27,28). The number of halogens is 1. The summed E-state index contributed by atoms with van der Waals surface area (Å²) in [5, 5.41) is 7.96. The molecule has 0 fully saturated rings. The fourth-order valence-electron chi connectivity index (χ4n) is 3.24. The zero-order valence-electron chi connectivity index (χ0n) is 16.1. The van der Waals surface area contributed by atoms with Crippen LogP contribution in [-0.2, 0) is 16.4 Å². The van der Waals surface area contributed by atoms with Crippen LogP contribution in [0.15, 0.2) is 59.5 Å². The average molecular weight is 415 g/mol. The minimum atomic E-state index is -3.71. The third-order valence-corrected chi connectivity index (χ3v) is 5.64. The second kappa shape index (κ2) is 8.18. The van der Waals surface area contributed by atoms with Crippen LogP contribution in [0.25, 0.3) is 5.69 Å². The first-order chi connectivity index (χ1) is 13.7. The van der Waals surface area contributed by atoms with Gasteiger partial charge in [-0.05, 0) is 68.3 Å². The Hall–Kier alpha value is -2.97. The summed E-state index contributed by atoms with van der Waals surface area (Å²) in [6, 6.07) is 14.1. The Kier molecular flexibility index (Phi) is 5.86. The summed E-state index contributed by atoms with van der Waals surface area (Å²) in [5.41, 5.74) is 3.86. The maximum absolute atomic E-state index is 13.2. The van der Waals surface area contributed by atoms with E-state index in [0.717, 1.165) is 22.6 Å². The predicted octanol–water partition coefficient (Wildman–Crippen LogP) is 2.85. The number of nitrogens with one attached hydrogen (secondary N) is 1. The Labute approximate surface area is 169 Å². The van der Waals surface area contributed by atoms with Gasteiger partial charge in [-0.2, -0.15) is 0 Å². The van der Waals surface area contributed by atoms with Crippen molar-refractivity contribution in [1.82, 2.24) is 9.88 Å². The van der Waals surface area contributed by atoms with Crippen LogP contribution in [0.5, 0.6) is 0 Å². The number of nitrogens with two attached hydrogens (primary N) is 1. The van der Waals surface area contributed by atoms with E-state index >= 15 is 0 Å². The minimum absolute atomic E-state index is 0.0542. The van der Waals surface area contributed by atoms with Gasteiger partial charge >= 0.3 is 0 Å². The largest absolute Gasteiger partial charge is 0.352 e. The van der Waals surface area contributed by atoms with E-state index in [0.29, 0.717) is 18.5 Å². The molecule has 0 atom stereocenters. The van der Waals surface area contributed by atoms with E-state index in [-0.39, 0.29) is 16.6 Å². The van der Waals surface area contributed by atoms with E-state index in [4.69, 9.17) is 5.14 Å². The first-order valence-electron chi connectivity index (χ1n) is 9.01. The number of aromatic nitrogens is 1. The van der Waals surface area contributed by atoms with Gasteiger partial charge in [0.2, 0.25) is 10.0 Å². The van der Waals surface area contributed by atoms with Crippen LogP contribution in [0.3, 0.4) is 0 Å². The van der Waals surface area contributed by atoms with Crippen molar-refractivity contribution < 1.29 is 17.6 Å². The molecular formula is C21H22FN3O3S. The zero-order chi connectivity index (χ0) is 21.2. The lowest BCUT2D eigenvalue weighted by molar-refractivity contribution is 0.0953. The molecule has 2 aromatic carbocycles. The third kappa shape index (κ3) is 4.72. The van der Waals surface area contributed by atoms with Gasteiger partial charge in [-0.25, -0.2) is 17.9 Å². The molecule has 0 saturated heterocycles. The van der Waals surface area contributed by atoms with Gasteiger partial charge in [0, 0.05) is 23.6 Å². The molecule has 29 heavy (non-hydrogen) atoms. The Morgan fingerprint density at radius 3 is 2.28 bits per heavy atom. The molecule has 152 valence electrons. The number of rotatable bonds is 6. The van der Waals surface area contributed by atoms with E-state index in [9.17, 15) is 17.6 Å². The molecular weight excluding hydrogens is 393 g/mol. The summed E-state index contributed by atoms with van der Waals surface area (Å²) in [4.78, 5) is 12.7. The first kappa shape index (κ1) is 20.8. The number of amides is 1. The topological polar surface area (TPSA) is 94.2 Å². The van der Waals surface area contributed by atoms with Crippen molar-refractivity contribution >= 4 is 15.9 Å². The van der Waals surface area contributed by atoms with Crippen molar-refractivity contribution in [2.45, 2.75) is 25.2 Å². The number of primary sulfonamides is 1. The molecule has 1 aromatic heterocycles. The highest BCUT2D eigenvalue weighted by atomic mass is 32.2. The second-order valence-electron chi connectivity index (χ2n) is 6.79. The highest BCUT2D eigenvalue weighted by Crippen LogP contribution is 2.21. The normalized spacial score (nSPS) is 11.4. The van der Waals surface area contributed by atoms with Gasteiger partial charge in [-0.3, -0.25) is 4.79 Å². The van der Waals surface area contributed by atoms with Gasteiger partial charge in [0.1, 0.15) is 5.82 Å². The van der Waals surface area contributed by atoms with Crippen molar-refractivity contribution in [1.29, 1.82) is 0 Å². The van der Waals surface area contributed by atoms with Crippen LogP contribution in [-0.4, -0.2) is 25.4 Å². The van der Waals surface area contributed by atoms with Gasteiger partial charge in [-0.15, -0.1) is 0 Å². The van der Waals surface area contributed by atoms with E-state index in [1.165, 1.54) is 24.3 Å². The number of benzene rings is 2. The molecule has 1 amide bonds. The summed E-state index contributed by atoms with van der Waals surface area (Å²) in [7, 11) is -3.71. The van der Waals surface area contributed by atoms with Crippen molar-refractivity contribution in [2.75, 3.05) is 6.54 Å². The lowest BCUT2D eigenvalue weighted by Crippen LogP contribution is -2.26. The van der Waals surface area contributed by atoms with E-state index in [2.05, 4.69) is 5.32 Å². The fourth-order valence-corrected chi connectivity index (χ4v) is 3.76. The summed E-state index contributed by atoms with van der Waals surface area (Å²) < 4.78 is 37.7. The number of carbonyl (C=O) groups excluding carboxylic acids is 1. The molecule has 0 bridgehead atoms. The maximum atomic E-state index is 13.2. The first-order valence-corrected chi connectivity index (χ1v) is 10.6. The van der Waals surface area contributed by atoms with Crippen LogP contribution in [0.1, 0.15) is 27.3 Å². The molecule has 6 nitrogen and oxygen atoms in total. The Morgan fingerprint density at radius 1 is 1.07 bits per heavy atom. The molecule has 3 N–H and O–H groups in total. The summed E-state index contributed by atoms with van der Waals surface area (Å²) >= 11 is 0. The molecule has 0 aliphatic heterocycles. The SMILES string of the molecule is Cc1cc(C(=O)NCCc2ccc(S(N)(=O)=O)cc2)c(C)n1-c1ccc(F)cc1. The second-order valence-corrected chi connectivity index (χ2v) is 8.35. The van der Waals surface area contributed by atoms with Gasteiger partial charge in [-0.1, -0.05) is 12.1 Å². The summed E-state index contributed by atoms with van der Waals surface area (Å²) in [5.74, 6) is -0.515. The van der Waals surface area contributed by atoms with Gasteiger partial charge in [0.15, 0.2) is 0 Å². The van der Waals surface area contributed by atoms with Crippen LogP contribution in [0.4, 0.5) is 4.39 Å². The number of carbonyl (C=O) groups is 1. The average Bonchev–Trinajstić information content (AvgIpc) is 2.96. The van der Waals surface area contributed by atoms with Crippen molar-refractivity contribution in [3.63, 3.8) is 0 Å². The van der Waals surface area contributed by atoms with Gasteiger partial charge in [0.05, 0.1) is 10.5 Å². The number of hydrogen-bond donors (Lipinski definition) is 2. The Bertz CT molecular complexity index is 1140. The molecule has 0 saturated carbocycles.